The summed E-state index contributed by atoms with van der Waals surface area (Å²) in [6.07, 6.45) is 5.04. The predicted molar refractivity (Wildman–Crippen MR) is 95.2 cm³/mol. The van der Waals surface area contributed by atoms with Crippen LogP contribution in [-0.4, -0.2) is 52.4 Å². The summed E-state index contributed by atoms with van der Waals surface area (Å²) in [6, 6.07) is 0.971. The first-order valence-corrected chi connectivity index (χ1v) is 12.4. The molecule has 23 heavy (non-hydrogen) atoms. The van der Waals surface area contributed by atoms with E-state index in [4.69, 9.17) is 14.2 Å². The van der Waals surface area contributed by atoms with Crippen molar-refractivity contribution in [1.82, 2.24) is 0 Å². The Morgan fingerprint density at radius 2 is 1.57 bits per heavy atom. The Kier molecular flexibility index (Phi) is 12.7. The third kappa shape index (κ3) is 14.9. The molecule has 138 valence electrons. The van der Waals surface area contributed by atoms with Gasteiger partial charge in [0.1, 0.15) is 0 Å². The van der Waals surface area contributed by atoms with Gasteiger partial charge in [0.15, 0.2) is 6.29 Å². The van der Waals surface area contributed by atoms with Crippen molar-refractivity contribution in [1.29, 1.82) is 0 Å². The highest BCUT2D eigenvalue weighted by Gasteiger charge is 2.16. The highest BCUT2D eigenvalue weighted by molar-refractivity contribution is 6.76. The van der Waals surface area contributed by atoms with Crippen molar-refractivity contribution in [2.24, 2.45) is 0 Å². The third-order valence-electron chi connectivity index (χ3n) is 3.77. The fourth-order valence-electron chi connectivity index (χ4n) is 2.20. The molecule has 0 aliphatic heterocycles. The van der Waals surface area contributed by atoms with E-state index in [9.17, 15) is 9.90 Å². The van der Waals surface area contributed by atoms with Crippen LogP contribution < -0.4 is 0 Å². The van der Waals surface area contributed by atoms with Crippen LogP contribution >= 0.6 is 0 Å². The summed E-state index contributed by atoms with van der Waals surface area (Å²) >= 11 is 0. The van der Waals surface area contributed by atoms with Crippen LogP contribution in [-0.2, 0) is 19.0 Å². The maximum atomic E-state index is 11.6. The van der Waals surface area contributed by atoms with Crippen molar-refractivity contribution in [3.63, 3.8) is 0 Å². The number of carbonyl (C=O) groups is 1. The maximum absolute atomic E-state index is 11.6. The van der Waals surface area contributed by atoms with E-state index in [1.807, 2.05) is 0 Å². The Labute approximate surface area is 142 Å². The topological polar surface area (TPSA) is 65.0 Å². The SMILES string of the molecule is COC(CCCCCCC(O)CC(=O)OCC[Si](C)(C)C)OC. The average molecular weight is 349 g/mol. The van der Waals surface area contributed by atoms with E-state index in [1.54, 1.807) is 14.2 Å². The number of esters is 1. The minimum atomic E-state index is -1.17. The van der Waals surface area contributed by atoms with Crippen molar-refractivity contribution in [3.8, 4) is 0 Å². The van der Waals surface area contributed by atoms with Gasteiger partial charge < -0.3 is 19.3 Å². The zero-order valence-corrected chi connectivity index (χ0v) is 16.6. The van der Waals surface area contributed by atoms with Crippen LogP contribution in [0.2, 0.25) is 25.7 Å². The molecule has 0 saturated heterocycles. The molecule has 5 nitrogen and oxygen atoms in total. The number of methoxy groups -OCH3 is 2. The van der Waals surface area contributed by atoms with Gasteiger partial charge in [-0.2, -0.15) is 0 Å². The lowest BCUT2D eigenvalue weighted by Crippen LogP contribution is -2.23. The van der Waals surface area contributed by atoms with Gasteiger partial charge in [0.2, 0.25) is 0 Å². The predicted octanol–water partition coefficient (Wildman–Crippen LogP) is 3.58. The van der Waals surface area contributed by atoms with Gasteiger partial charge in [-0.1, -0.05) is 38.9 Å². The summed E-state index contributed by atoms with van der Waals surface area (Å²) in [6.45, 7) is 7.23. The number of unbranched alkanes of at least 4 members (excludes halogenated alkanes) is 3. The van der Waals surface area contributed by atoms with Gasteiger partial charge in [0, 0.05) is 22.3 Å². The molecule has 0 aliphatic carbocycles. The molecule has 6 heteroatoms. The van der Waals surface area contributed by atoms with Gasteiger partial charge in [0.25, 0.3) is 0 Å². The van der Waals surface area contributed by atoms with Crippen LogP contribution in [0, 0.1) is 0 Å². The Bertz CT molecular complexity index is 300. The summed E-state index contributed by atoms with van der Waals surface area (Å²) < 4.78 is 15.5. The normalized spacial score (nSPS) is 13.3. The lowest BCUT2D eigenvalue weighted by atomic mass is 10.1. The second kappa shape index (κ2) is 12.9. The monoisotopic (exact) mass is 348 g/mol. The molecule has 1 unspecified atom stereocenters. The Morgan fingerprint density at radius 1 is 1.00 bits per heavy atom. The van der Waals surface area contributed by atoms with Gasteiger partial charge >= 0.3 is 5.97 Å². The Hall–Kier alpha value is -0.433. The summed E-state index contributed by atoms with van der Waals surface area (Å²) in [7, 11) is 2.12. The molecule has 0 heterocycles. The first-order chi connectivity index (χ1) is 10.8. The molecule has 0 rings (SSSR count). The second-order valence-electron chi connectivity index (χ2n) is 7.28. The van der Waals surface area contributed by atoms with Gasteiger partial charge in [-0.05, 0) is 25.3 Å². The maximum Gasteiger partial charge on any atom is 0.308 e. The third-order valence-corrected chi connectivity index (χ3v) is 5.47. The van der Waals surface area contributed by atoms with Crippen LogP contribution in [0.3, 0.4) is 0 Å². The minimum absolute atomic E-state index is 0.112. The van der Waals surface area contributed by atoms with Crippen molar-refractivity contribution in [3.05, 3.63) is 0 Å². The van der Waals surface area contributed by atoms with Gasteiger partial charge in [-0.3, -0.25) is 4.79 Å². The number of aliphatic hydroxyl groups is 1. The van der Waals surface area contributed by atoms with Crippen molar-refractivity contribution in [2.45, 2.75) is 83.0 Å². The summed E-state index contributed by atoms with van der Waals surface area (Å²) in [5.74, 6) is -0.279. The van der Waals surface area contributed by atoms with E-state index < -0.39 is 14.2 Å². The first kappa shape index (κ1) is 22.6. The average Bonchev–Trinajstić information content (AvgIpc) is 2.45. The molecule has 0 fully saturated rings. The molecule has 0 radical (unpaired) electrons. The fraction of sp³-hybridized carbons (Fsp3) is 0.941. The highest BCUT2D eigenvalue weighted by atomic mass is 28.3. The molecule has 0 aliphatic rings. The van der Waals surface area contributed by atoms with E-state index in [0.717, 1.165) is 38.1 Å². The van der Waals surface area contributed by atoms with Crippen molar-refractivity contribution >= 4 is 14.0 Å². The molecule has 0 bridgehead atoms. The van der Waals surface area contributed by atoms with E-state index in [0.29, 0.717) is 13.0 Å². The van der Waals surface area contributed by atoms with E-state index in [1.165, 1.54) is 0 Å². The molecule has 1 N–H and O–H groups in total. The number of carbonyl (C=O) groups excluding carboxylic acids is 1. The highest BCUT2D eigenvalue weighted by Crippen LogP contribution is 2.13. The molecular weight excluding hydrogens is 312 g/mol. The Balaban J connectivity index is 3.56. The van der Waals surface area contributed by atoms with Crippen LogP contribution in [0.25, 0.3) is 0 Å². The van der Waals surface area contributed by atoms with Crippen molar-refractivity contribution in [2.75, 3.05) is 20.8 Å². The van der Waals surface area contributed by atoms with Gasteiger partial charge in [-0.15, -0.1) is 0 Å². The first-order valence-electron chi connectivity index (χ1n) is 8.67. The smallest absolute Gasteiger partial charge is 0.308 e. The largest absolute Gasteiger partial charge is 0.466 e. The zero-order valence-electron chi connectivity index (χ0n) is 15.6. The van der Waals surface area contributed by atoms with E-state index in [2.05, 4.69) is 19.6 Å². The summed E-state index contributed by atoms with van der Waals surface area (Å²) in [4.78, 5) is 11.6. The number of aliphatic hydroxyl groups excluding tert-OH is 1. The zero-order chi connectivity index (χ0) is 17.7. The van der Waals surface area contributed by atoms with Crippen LogP contribution in [0.5, 0.6) is 0 Å². The lowest BCUT2D eigenvalue weighted by Gasteiger charge is -2.16. The standard InChI is InChI=1S/C17H36O5Si/c1-20-17(21-2)11-9-7-6-8-10-15(18)14-16(19)22-12-13-23(3,4)5/h15,17-18H,6-14H2,1-5H3. The molecule has 0 spiro atoms. The van der Waals surface area contributed by atoms with E-state index >= 15 is 0 Å². The number of hydrogen-bond acceptors (Lipinski definition) is 5. The number of ether oxygens (including phenoxy) is 3. The van der Waals surface area contributed by atoms with Crippen LogP contribution in [0.15, 0.2) is 0 Å². The summed E-state index contributed by atoms with van der Waals surface area (Å²) in [5.41, 5.74) is 0. The molecule has 0 amide bonds. The number of rotatable bonds is 14. The quantitative estimate of drug-likeness (QED) is 0.225. The fourth-order valence-corrected chi connectivity index (χ4v) is 2.92. The molecule has 0 aromatic rings. The molecule has 0 aromatic carbocycles. The van der Waals surface area contributed by atoms with Crippen LogP contribution in [0.1, 0.15) is 44.9 Å². The molecular formula is C17H36O5Si. The van der Waals surface area contributed by atoms with Crippen LogP contribution in [0.4, 0.5) is 0 Å². The van der Waals surface area contributed by atoms with Gasteiger partial charge in [-0.25, -0.2) is 0 Å². The lowest BCUT2D eigenvalue weighted by molar-refractivity contribution is -0.145. The Morgan fingerprint density at radius 3 is 2.09 bits per heavy atom. The van der Waals surface area contributed by atoms with E-state index in [-0.39, 0.29) is 18.7 Å². The summed E-state index contributed by atoms with van der Waals surface area (Å²) in [5, 5.41) is 9.87. The van der Waals surface area contributed by atoms with Gasteiger partial charge in [0.05, 0.1) is 19.1 Å². The second-order valence-corrected chi connectivity index (χ2v) is 12.9. The molecule has 0 saturated carbocycles. The molecule has 1 atom stereocenters. The van der Waals surface area contributed by atoms with Crippen molar-refractivity contribution < 1.29 is 24.1 Å². The molecule has 0 aromatic heterocycles. The minimum Gasteiger partial charge on any atom is -0.466 e. The number of hydrogen-bond donors (Lipinski definition) is 1.